The summed E-state index contributed by atoms with van der Waals surface area (Å²) >= 11 is 0. The molecule has 3 N–H and O–H groups in total. The van der Waals surface area contributed by atoms with Gasteiger partial charge in [-0.2, -0.15) is 13.0 Å². The maximum Gasteiger partial charge on any atom is 1.00 e. The zero-order valence-electron chi connectivity index (χ0n) is 33.0. The molecule has 15 heteroatoms. The molecule has 2 aromatic rings. The number of aromatic carboxylic acids is 2. The first-order chi connectivity index (χ1) is 25.6. The number of allylic oxidation sites excluding steroid dienone is 8. The predicted octanol–water partition coefficient (Wildman–Crippen LogP) is 4.12. The summed E-state index contributed by atoms with van der Waals surface area (Å²) in [4.78, 5) is 25.8. The molecule has 0 spiro atoms. The molecule has 0 saturated carbocycles. The molecular weight excluding hydrogens is 768 g/mol. The van der Waals surface area contributed by atoms with Crippen LogP contribution in [0.4, 0.5) is 11.4 Å². The fourth-order valence-electron chi connectivity index (χ4n) is 8.03. The van der Waals surface area contributed by atoms with Gasteiger partial charge in [-0.25, -0.2) is 18.0 Å². The molecule has 296 valence electrons. The summed E-state index contributed by atoms with van der Waals surface area (Å²) in [6.45, 7) is 11.2. The Labute approximate surface area is 352 Å². The molecule has 3 aliphatic rings. The van der Waals surface area contributed by atoms with Crippen LogP contribution in [0.25, 0.3) is 0 Å². The number of hydrogen-bond donors (Lipinski definition) is 3. The Balaban J connectivity index is 0.00000696. The van der Waals surface area contributed by atoms with Crippen molar-refractivity contribution in [2.75, 3.05) is 29.5 Å². The van der Waals surface area contributed by atoms with Crippen LogP contribution in [-0.4, -0.2) is 83.0 Å². The number of carboxylic acid groups (broad SMARTS) is 2. The van der Waals surface area contributed by atoms with Crippen LogP contribution in [0.2, 0.25) is 0 Å². The third-order valence-corrected chi connectivity index (χ3v) is 12.7. The molecule has 0 unspecified atom stereocenters. The quantitative estimate of drug-likeness (QED) is 0.101. The van der Waals surface area contributed by atoms with Crippen molar-refractivity contribution < 1.29 is 79.9 Å². The maximum absolute atomic E-state index is 11.9. The van der Waals surface area contributed by atoms with Gasteiger partial charge in [-0.15, -0.1) is 0 Å². The molecule has 0 saturated heterocycles. The molecule has 2 aromatic carbocycles. The van der Waals surface area contributed by atoms with E-state index in [1.807, 2.05) is 27.7 Å². The number of benzene rings is 2. The van der Waals surface area contributed by atoms with E-state index in [1.165, 1.54) is 0 Å². The van der Waals surface area contributed by atoms with E-state index in [9.17, 15) is 45.7 Å². The van der Waals surface area contributed by atoms with Gasteiger partial charge in [0, 0.05) is 53.2 Å². The average Bonchev–Trinajstić information content (AvgIpc) is 3.43. The summed E-state index contributed by atoms with van der Waals surface area (Å²) in [6.07, 6.45) is 12.4. The third kappa shape index (κ3) is 10.2. The molecule has 1 aliphatic carbocycles. The number of hydrogen-bond acceptors (Lipinski definition) is 8. The Morgan fingerprint density at radius 2 is 1.46 bits per heavy atom. The SMILES string of the molecule is CC1=C(C=CC2=[N+](CCCCS(=O)(=O)O)c3ccc(C(=O)O)cc3C2(C)C)CCCC1=CC=C1N(CCCCS(=O)(=O)[O-])c2ccc(C(=O)O)cc2C1(C)C.[Na+]. The van der Waals surface area contributed by atoms with Gasteiger partial charge >= 0.3 is 41.5 Å². The van der Waals surface area contributed by atoms with Crippen molar-refractivity contribution in [1.29, 1.82) is 0 Å². The summed E-state index contributed by atoms with van der Waals surface area (Å²) < 4.78 is 67.9. The number of anilines is 1. The van der Waals surface area contributed by atoms with Crippen molar-refractivity contribution >= 4 is 49.3 Å². The Morgan fingerprint density at radius 3 is 2.09 bits per heavy atom. The predicted molar refractivity (Wildman–Crippen MR) is 211 cm³/mol. The van der Waals surface area contributed by atoms with Crippen LogP contribution in [0.1, 0.15) is 111 Å². The van der Waals surface area contributed by atoms with Crippen molar-refractivity contribution in [3.05, 3.63) is 105 Å². The van der Waals surface area contributed by atoms with E-state index in [4.69, 9.17) is 0 Å². The molecule has 2 heterocycles. The van der Waals surface area contributed by atoms with Crippen LogP contribution >= 0.6 is 0 Å². The normalized spacial score (nSPS) is 19.2. The number of nitrogens with zero attached hydrogens (tertiary/aromatic N) is 2. The van der Waals surface area contributed by atoms with Crippen LogP contribution in [0.5, 0.6) is 0 Å². The maximum atomic E-state index is 11.9. The van der Waals surface area contributed by atoms with E-state index in [0.717, 1.165) is 69.9 Å². The molecule has 0 atom stereocenters. The summed E-state index contributed by atoms with van der Waals surface area (Å²) in [6, 6.07) is 10.1. The van der Waals surface area contributed by atoms with Gasteiger partial charge in [0.2, 0.25) is 5.69 Å². The zero-order valence-corrected chi connectivity index (χ0v) is 36.6. The first kappa shape index (κ1) is 45.3. The Kier molecular flexibility index (Phi) is 14.3. The topological polar surface area (TPSA) is 192 Å². The van der Waals surface area contributed by atoms with E-state index in [1.54, 1.807) is 36.4 Å². The number of carbonyl (C=O) groups is 2. The van der Waals surface area contributed by atoms with Crippen molar-refractivity contribution in [2.45, 2.75) is 90.4 Å². The summed E-state index contributed by atoms with van der Waals surface area (Å²) in [5.74, 6) is -2.83. The van der Waals surface area contributed by atoms with Gasteiger partial charge in [0.15, 0.2) is 5.71 Å². The number of rotatable bonds is 15. The molecule has 56 heavy (non-hydrogen) atoms. The monoisotopic (exact) mass is 817 g/mol. The van der Waals surface area contributed by atoms with Crippen molar-refractivity contribution in [1.82, 2.24) is 0 Å². The molecule has 0 amide bonds. The minimum atomic E-state index is -4.34. The minimum Gasteiger partial charge on any atom is -0.748 e. The second-order valence-electron chi connectivity index (χ2n) is 15.6. The van der Waals surface area contributed by atoms with Crippen LogP contribution < -0.4 is 34.5 Å². The zero-order chi connectivity index (χ0) is 40.5. The summed E-state index contributed by atoms with van der Waals surface area (Å²) in [5, 5.41) is 19.4. The Bertz CT molecular complexity index is 2280. The second-order valence-corrected chi connectivity index (χ2v) is 18.7. The largest absolute Gasteiger partial charge is 1.00 e. The number of fused-ring (bicyclic) bond motifs is 2. The number of unbranched alkanes of at least 4 members (excludes halogenated alkanes) is 2. The van der Waals surface area contributed by atoms with Crippen molar-refractivity contribution in [2.24, 2.45) is 0 Å². The van der Waals surface area contributed by atoms with Crippen molar-refractivity contribution in [3.8, 4) is 0 Å². The Morgan fingerprint density at radius 1 is 0.839 bits per heavy atom. The van der Waals surface area contributed by atoms with Crippen LogP contribution in [0, 0.1) is 0 Å². The van der Waals surface area contributed by atoms with E-state index < -0.39 is 48.8 Å². The summed E-state index contributed by atoms with van der Waals surface area (Å²) in [7, 11) is -8.43. The fraction of sp³-hybridized carbons (Fsp3) is 0.439. The van der Waals surface area contributed by atoms with Gasteiger partial charge in [-0.3, -0.25) is 4.55 Å². The van der Waals surface area contributed by atoms with Gasteiger partial charge < -0.3 is 19.7 Å². The first-order valence-electron chi connectivity index (χ1n) is 18.5. The van der Waals surface area contributed by atoms with E-state index in [0.29, 0.717) is 25.9 Å². The van der Waals surface area contributed by atoms with E-state index >= 15 is 0 Å². The Hall–Kier alpha value is -3.37. The van der Waals surface area contributed by atoms with Gasteiger partial charge in [0.25, 0.3) is 10.1 Å². The molecule has 0 aromatic heterocycles. The van der Waals surface area contributed by atoms with Crippen LogP contribution in [-0.2, 0) is 31.1 Å². The van der Waals surface area contributed by atoms with Gasteiger partial charge in [0.05, 0.1) is 32.4 Å². The molecule has 0 bridgehead atoms. The standard InChI is InChI=1S/C41H50N2O10S2.Na/c1-27-28(15-19-36-40(2,3)32-25-30(38(44)45)13-17-34(32)42(36)21-6-8-23-54(48,49)50)11-10-12-29(27)16-20-37-41(4,5)33-26-31(39(46)47)14-18-35(33)43(37)22-7-9-24-55(51,52)53;/h13-20,25-26H,6-12,21-24H2,1-5H3,(H3-,44,45,46,47,48,49,50,51,52,53);/q;+1. The van der Waals surface area contributed by atoms with E-state index in [2.05, 4.69) is 40.7 Å². The van der Waals surface area contributed by atoms with Crippen LogP contribution in [0.15, 0.2) is 83.1 Å². The smallest absolute Gasteiger partial charge is 0.748 e. The number of carboxylic acids is 2. The fourth-order valence-corrected chi connectivity index (χ4v) is 9.15. The molecule has 5 rings (SSSR count). The third-order valence-electron chi connectivity index (χ3n) is 11.1. The molecule has 2 aliphatic heterocycles. The van der Waals surface area contributed by atoms with Gasteiger partial charge in [0.1, 0.15) is 6.54 Å². The van der Waals surface area contributed by atoms with Gasteiger partial charge in [-0.1, -0.05) is 26.0 Å². The molecule has 0 fully saturated rings. The second kappa shape index (κ2) is 17.6. The van der Waals surface area contributed by atoms with Crippen molar-refractivity contribution in [3.63, 3.8) is 0 Å². The van der Waals surface area contributed by atoms with E-state index in [-0.39, 0.29) is 59.3 Å². The van der Waals surface area contributed by atoms with Gasteiger partial charge in [-0.05, 0) is 118 Å². The molecule has 12 nitrogen and oxygen atoms in total. The summed E-state index contributed by atoms with van der Waals surface area (Å²) in [5.41, 5.74) is 7.93. The first-order valence-corrected chi connectivity index (χ1v) is 21.7. The molecule has 0 radical (unpaired) electrons. The average molecular weight is 818 g/mol. The molecular formula is C41H50N2NaO10S2+. The van der Waals surface area contributed by atoms with Crippen LogP contribution in [0.3, 0.4) is 0 Å². The minimum absolute atomic E-state index is 0.